The molecule has 1 saturated carbocycles. The van der Waals surface area contributed by atoms with E-state index in [1.54, 1.807) is 7.11 Å². The Balaban J connectivity index is 1.32. The third-order valence-corrected chi connectivity index (χ3v) is 6.67. The summed E-state index contributed by atoms with van der Waals surface area (Å²) in [6, 6.07) is 14.2. The molecule has 0 unspecified atom stereocenters. The van der Waals surface area contributed by atoms with Gasteiger partial charge in [-0.3, -0.25) is 0 Å². The van der Waals surface area contributed by atoms with Gasteiger partial charge in [-0.1, -0.05) is 12.5 Å². The lowest BCUT2D eigenvalue weighted by molar-refractivity contribution is 0.0493. The zero-order chi connectivity index (χ0) is 22.6. The number of hydrogen-bond acceptors (Lipinski definition) is 6. The zero-order valence-electron chi connectivity index (χ0n) is 19.0. The number of fused-ring (bicyclic) bond motifs is 1. The van der Waals surface area contributed by atoms with Crippen LogP contribution in [0.25, 0.3) is 22.3 Å². The predicted molar refractivity (Wildman–Crippen MR) is 126 cm³/mol. The van der Waals surface area contributed by atoms with Gasteiger partial charge in [0, 0.05) is 24.7 Å². The molecule has 1 saturated heterocycles. The highest BCUT2D eigenvalue weighted by molar-refractivity contribution is 5.90. The molecule has 1 aliphatic heterocycles. The first kappa shape index (κ1) is 21.9. The number of halogens is 1. The molecule has 1 aliphatic carbocycles. The van der Waals surface area contributed by atoms with E-state index in [4.69, 9.17) is 19.2 Å². The van der Waals surface area contributed by atoms with E-state index < -0.39 is 6.67 Å². The maximum absolute atomic E-state index is 12.8. The molecular formula is C26H30FN3O3. The summed E-state index contributed by atoms with van der Waals surface area (Å²) in [6.45, 7) is 1.61. The number of ether oxygens (including phenoxy) is 3. The number of benzene rings is 2. The summed E-state index contributed by atoms with van der Waals surface area (Å²) in [5, 5.41) is 0.694. The molecule has 0 N–H and O–H groups in total. The molecule has 0 radical (unpaired) electrons. The Kier molecular flexibility index (Phi) is 6.58. The van der Waals surface area contributed by atoms with Crippen molar-refractivity contribution in [3.05, 3.63) is 42.5 Å². The van der Waals surface area contributed by atoms with E-state index in [2.05, 4.69) is 9.88 Å². The van der Waals surface area contributed by atoms with Crippen molar-refractivity contribution in [1.29, 1.82) is 0 Å². The fourth-order valence-electron chi connectivity index (χ4n) is 4.62. The van der Waals surface area contributed by atoms with Crippen molar-refractivity contribution in [2.45, 2.75) is 44.2 Å². The van der Waals surface area contributed by atoms with Crippen LogP contribution < -0.4 is 14.2 Å². The molecule has 1 aromatic heterocycles. The predicted octanol–water partition coefficient (Wildman–Crippen LogP) is 5.05. The largest absolute Gasteiger partial charge is 0.494 e. The van der Waals surface area contributed by atoms with Crippen LogP contribution in [0.3, 0.4) is 0 Å². The number of likely N-dealkylation sites (tertiary alicyclic amines) is 1. The van der Waals surface area contributed by atoms with Gasteiger partial charge < -0.3 is 19.1 Å². The van der Waals surface area contributed by atoms with Gasteiger partial charge in [-0.05, 0) is 62.1 Å². The number of rotatable bonds is 8. The average molecular weight is 452 g/mol. The van der Waals surface area contributed by atoms with Crippen LogP contribution in [0, 0.1) is 0 Å². The molecule has 174 valence electrons. The van der Waals surface area contributed by atoms with Crippen LogP contribution in [0.15, 0.2) is 42.5 Å². The highest BCUT2D eigenvalue weighted by atomic mass is 19.1. The summed E-state index contributed by atoms with van der Waals surface area (Å²) in [6.07, 6.45) is 6.49. The second-order valence-corrected chi connectivity index (χ2v) is 8.71. The smallest absolute Gasteiger partial charge is 0.225 e. The number of para-hydroxylation sites is 1. The van der Waals surface area contributed by atoms with Crippen molar-refractivity contribution in [3.8, 4) is 28.8 Å². The molecule has 0 spiro atoms. The first-order valence-electron chi connectivity index (χ1n) is 11.8. The van der Waals surface area contributed by atoms with Crippen molar-refractivity contribution >= 4 is 10.9 Å². The summed E-state index contributed by atoms with van der Waals surface area (Å²) in [5.74, 6) is 2.33. The first-order valence-corrected chi connectivity index (χ1v) is 11.8. The van der Waals surface area contributed by atoms with Crippen LogP contribution in [-0.2, 0) is 0 Å². The Morgan fingerprint density at radius 1 is 1.00 bits per heavy atom. The summed E-state index contributed by atoms with van der Waals surface area (Å²) >= 11 is 0. The molecule has 0 atom stereocenters. The normalized spacial score (nSPS) is 17.6. The molecule has 33 heavy (non-hydrogen) atoms. The zero-order valence-corrected chi connectivity index (χ0v) is 19.0. The lowest BCUT2D eigenvalue weighted by Gasteiger charge is -2.41. The number of nitrogens with zero attached hydrogens (tertiary/aromatic N) is 3. The maximum atomic E-state index is 12.8. The van der Waals surface area contributed by atoms with Crippen molar-refractivity contribution in [1.82, 2.24) is 14.9 Å². The monoisotopic (exact) mass is 451 g/mol. The van der Waals surface area contributed by atoms with Gasteiger partial charge in [0.2, 0.25) is 5.88 Å². The minimum absolute atomic E-state index is 0.0604. The molecular weight excluding hydrogens is 421 g/mol. The van der Waals surface area contributed by atoms with Gasteiger partial charge in [0.05, 0.1) is 12.5 Å². The fraction of sp³-hybridized carbons (Fsp3) is 0.462. The number of hydrogen-bond donors (Lipinski definition) is 0. The number of alkyl halides is 1. The summed E-state index contributed by atoms with van der Waals surface area (Å²) in [5.41, 5.74) is 1.47. The molecule has 3 aromatic rings. The summed E-state index contributed by atoms with van der Waals surface area (Å²) in [7, 11) is 1.60. The van der Waals surface area contributed by atoms with E-state index in [0.717, 1.165) is 43.3 Å². The number of aromatic nitrogens is 2. The molecule has 7 heteroatoms. The number of piperidine rings is 1. The lowest BCUT2D eigenvalue weighted by atomic mass is 9.90. The second kappa shape index (κ2) is 9.91. The Labute approximate surface area is 193 Å². The topological polar surface area (TPSA) is 56.7 Å². The SMILES string of the molecule is COc1cccc2c(OCCF)nc(-c3ccc(OC4CCN(C5CCC5)CC4)cc3)nc12. The third-order valence-electron chi connectivity index (χ3n) is 6.67. The Morgan fingerprint density at radius 3 is 2.45 bits per heavy atom. The van der Waals surface area contributed by atoms with Gasteiger partial charge in [0.1, 0.15) is 36.4 Å². The Bertz CT molecular complexity index is 1080. The van der Waals surface area contributed by atoms with E-state index in [1.807, 2.05) is 42.5 Å². The molecule has 0 amide bonds. The van der Waals surface area contributed by atoms with Gasteiger partial charge in [-0.15, -0.1) is 0 Å². The molecule has 2 heterocycles. The van der Waals surface area contributed by atoms with Crippen LogP contribution in [-0.4, -0.2) is 60.5 Å². The first-order chi connectivity index (χ1) is 16.2. The molecule has 0 bridgehead atoms. The van der Waals surface area contributed by atoms with E-state index >= 15 is 0 Å². The van der Waals surface area contributed by atoms with Gasteiger partial charge in [-0.2, -0.15) is 4.98 Å². The average Bonchev–Trinajstić information content (AvgIpc) is 2.82. The van der Waals surface area contributed by atoms with Crippen LogP contribution in [0.1, 0.15) is 32.1 Å². The maximum Gasteiger partial charge on any atom is 0.225 e. The molecule has 2 aromatic carbocycles. The Morgan fingerprint density at radius 2 is 1.79 bits per heavy atom. The van der Waals surface area contributed by atoms with Gasteiger partial charge >= 0.3 is 0 Å². The van der Waals surface area contributed by atoms with Crippen LogP contribution in [0.5, 0.6) is 17.4 Å². The van der Waals surface area contributed by atoms with Crippen LogP contribution in [0.2, 0.25) is 0 Å². The van der Waals surface area contributed by atoms with E-state index in [9.17, 15) is 4.39 Å². The summed E-state index contributed by atoms with van der Waals surface area (Å²) < 4.78 is 30.1. The van der Waals surface area contributed by atoms with Crippen LogP contribution in [0.4, 0.5) is 4.39 Å². The molecule has 6 nitrogen and oxygen atoms in total. The van der Waals surface area contributed by atoms with Crippen molar-refractivity contribution in [2.24, 2.45) is 0 Å². The second-order valence-electron chi connectivity index (χ2n) is 8.71. The molecule has 2 aliphatic rings. The van der Waals surface area contributed by atoms with Crippen molar-refractivity contribution in [3.63, 3.8) is 0 Å². The highest BCUT2D eigenvalue weighted by Gasteiger charge is 2.29. The standard InChI is InChI=1S/C26H30FN3O3/c1-31-23-7-3-6-22-24(23)28-25(29-26(22)32-17-14-27)18-8-10-20(11-9-18)33-21-12-15-30(16-13-21)19-4-2-5-19/h3,6-11,19,21H,2,4-5,12-17H2,1H3. The minimum atomic E-state index is -0.587. The quantitative estimate of drug-likeness (QED) is 0.478. The lowest BCUT2D eigenvalue weighted by Crippen LogP contribution is -2.46. The Hall–Kier alpha value is -2.93. The van der Waals surface area contributed by atoms with Crippen molar-refractivity contribution < 1.29 is 18.6 Å². The van der Waals surface area contributed by atoms with Gasteiger partial charge in [0.15, 0.2) is 5.82 Å². The molecule has 2 fully saturated rings. The highest BCUT2D eigenvalue weighted by Crippen LogP contribution is 2.33. The molecule has 5 rings (SSSR count). The van der Waals surface area contributed by atoms with E-state index in [-0.39, 0.29) is 12.7 Å². The fourth-order valence-corrected chi connectivity index (χ4v) is 4.62. The van der Waals surface area contributed by atoms with Gasteiger partial charge in [0.25, 0.3) is 0 Å². The van der Waals surface area contributed by atoms with Crippen LogP contribution >= 0.6 is 0 Å². The third kappa shape index (κ3) is 4.74. The van der Waals surface area contributed by atoms with Gasteiger partial charge in [-0.25, -0.2) is 9.37 Å². The van der Waals surface area contributed by atoms with E-state index in [1.165, 1.54) is 19.3 Å². The van der Waals surface area contributed by atoms with Crippen molar-refractivity contribution in [2.75, 3.05) is 33.5 Å². The minimum Gasteiger partial charge on any atom is -0.494 e. The number of methoxy groups -OCH3 is 1. The van der Waals surface area contributed by atoms with E-state index in [0.29, 0.717) is 28.4 Å². The summed E-state index contributed by atoms with van der Waals surface area (Å²) in [4.78, 5) is 11.9.